The molecule has 1 atom stereocenters. The molecular weight excluding hydrogens is 218 g/mol. The molecule has 1 aliphatic rings. The van der Waals surface area contributed by atoms with E-state index in [2.05, 4.69) is 22.8 Å². The van der Waals surface area contributed by atoms with Crippen LogP contribution in [-0.2, 0) is 6.42 Å². The van der Waals surface area contributed by atoms with Crippen LogP contribution in [0.15, 0.2) is 0 Å². The van der Waals surface area contributed by atoms with Crippen LogP contribution >= 0.6 is 11.8 Å². The third-order valence-electron chi connectivity index (χ3n) is 3.21. The molecule has 3 nitrogen and oxygen atoms in total. The zero-order valence-corrected chi connectivity index (χ0v) is 10.7. The predicted octanol–water partition coefficient (Wildman–Crippen LogP) is 2.63. The molecule has 2 heterocycles. The number of rotatable bonds is 2. The van der Waals surface area contributed by atoms with E-state index in [0.717, 1.165) is 17.0 Å². The summed E-state index contributed by atoms with van der Waals surface area (Å²) in [5, 5.41) is 13.4. The predicted molar refractivity (Wildman–Crippen MR) is 66.6 cm³/mol. The molecule has 0 aliphatic carbocycles. The number of nitriles is 1. The van der Waals surface area contributed by atoms with Crippen LogP contribution in [0, 0.1) is 25.2 Å². The lowest BCUT2D eigenvalue weighted by atomic mass is 10.1. The zero-order valence-electron chi connectivity index (χ0n) is 9.86. The fraction of sp³-hybridized carbons (Fsp3) is 0.667. The first-order chi connectivity index (χ1) is 7.74. The average molecular weight is 235 g/mol. The van der Waals surface area contributed by atoms with Gasteiger partial charge in [0, 0.05) is 17.0 Å². The summed E-state index contributed by atoms with van der Waals surface area (Å²) in [6, 6.07) is 2.76. The first-order valence-electron chi connectivity index (χ1n) is 5.73. The van der Waals surface area contributed by atoms with Crippen molar-refractivity contribution in [3.05, 3.63) is 17.0 Å². The van der Waals surface area contributed by atoms with E-state index < -0.39 is 0 Å². The molecule has 1 aromatic rings. The number of nitrogens with zero attached hydrogens (tertiary/aromatic N) is 3. The highest BCUT2D eigenvalue weighted by atomic mass is 32.2. The third-order valence-corrected chi connectivity index (χ3v) is 4.41. The smallest absolute Gasteiger partial charge is 0.0671 e. The number of hydrogen-bond acceptors (Lipinski definition) is 3. The van der Waals surface area contributed by atoms with E-state index in [1.807, 2.05) is 18.7 Å². The second-order valence-electron chi connectivity index (χ2n) is 4.30. The van der Waals surface area contributed by atoms with Crippen LogP contribution in [0.5, 0.6) is 0 Å². The van der Waals surface area contributed by atoms with E-state index in [0.29, 0.717) is 12.5 Å². The van der Waals surface area contributed by atoms with Gasteiger partial charge >= 0.3 is 0 Å². The Balaban J connectivity index is 2.27. The molecule has 2 rings (SSSR count). The molecule has 1 fully saturated rings. The van der Waals surface area contributed by atoms with E-state index in [1.165, 1.54) is 24.3 Å². The van der Waals surface area contributed by atoms with E-state index in [1.54, 1.807) is 0 Å². The van der Waals surface area contributed by atoms with Crippen molar-refractivity contribution in [2.45, 2.75) is 39.2 Å². The van der Waals surface area contributed by atoms with Crippen molar-refractivity contribution in [3.8, 4) is 6.07 Å². The molecular formula is C12H17N3S. The minimum atomic E-state index is 0.484. The minimum Gasteiger partial charge on any atom is -0.265 e. The molecule has 4 heteroatoms. The van der Waals surface area contributed by atoms with Crippen molar-refractivity contribution in [1.29, 1.82) is 5.26 Å². The Morgan fingerprint density at radius 2 is 2.38 bits per heavy atom. The maximum Gasteiger partial charge on any atom is 0.0671 e. The van der Waals surface area contributed by atoms with Gasteiger partial charge in [0.05, 0.1) is 24.2 Å². The monoisotopic (exact) mass is 235 g/mol. The van der Waals surface area contributed by atoms with Crippen LogP contribution in [0.2, 0.25) is 0 Å². The Kier molecular flexibility index (Phi) is 3.55. The standard InChI is InChI=1S/C12H17N3S/c1-9-12(5-6-13)10(2)15(14-9)11-4-3-7-16-8-11/h11H,3-5,7-8H2,1-2H3. The summed E-state index contributed by atoms with van der Waals surface area (Å²) < 4.78 is 2.15. The van der Waals surface area contributed by atoms with Crippen molar-refractivity contribution in [3.63, 3.8) is 0 Å². The van der Waals surface area contributed by atoms with Gasteiger partial charge in [-0.25, -0.2) is 0 Å². The van der Waals surface area contributed by atoms with E-state index in [4.69, 9.17) is 5.26 Å². The SMILES string of the molecule is Cc1nn(C2CCCSC2)c(C)c1CC#N. The third kappa shape index (κ3) is 2.10. The molecule has 0 spiro atoms. The quantitative estimate of drug-likeness (QED) is 0.791. The van der Waals surface area contributed by atoms with E-state index in [9.17, 15) is 0 Å². The molecule has 0 radical (unpaired) electrons. The van der Waals surface area contributed by atoms with Gasteiger partial charge in [-0.1, -0.05) is 0 Å². The molecule has 1 saturated heterocycles. The first-order valence-corrected chi connectivity index (χ1v) is 6.88. The molecule has 0 aromatic carbocycles. The highest BCUT2D eigenvalue weighted by Crippen LogP contribution is 2.28. The normalized spacial score (nSPS) is 20.7. The molecule has 1 aliphatic heterocycles. The lowest BCUT2D eigenvalue weighted by Gasteiger charge is -2.23. The fourth-order valence-electron chi connectivity index (χ4n) is 2.30. The molecule has 0 saturated carbocycles. The van der Waals surface area contributed by atoms with Gasteiger partial charge in [-0.3, -0.25) is 4.68 Å². The molecule has 0 N–H and O–H groups in total. The second kappa shape index (κ2) is 4.92. The van der Waals surface area contributed by atoms with Crippen LogP contribution in [-0.4, -0.2) is 21.3 Å². The minimum absolute atomic E-state index is 0.484. The Morgan fingerprint density at radius 3 is 3.00 bits per heavy atom. The number of aromatic nitrogens is 2. The number of aryl methyl sites for hydroxylation is 1. The Hall–Kier alpha value is -0.950. The largest absolute Gasteiger partial charge is 0.265 e. The lowest BCUT2D eigenvalue weighted by molar-refractivity contribution is 0.444. The number of hydrogen-bond donors (Lipinski definition) is 0. The molecule has 0 bridgehead atoms. The van der Waals surface area contributed by atoms with Crippen LogP contribution in [0.1, 0.15) is 35.8 Å². The van der Waals surface area contributed by atoms with E-state index >= 15 is 0 Å². The summed E-state index contributed by atoms with van der Waals surface area (Å²) in [5.41, 5.74) is 3.33. The number of thioether (sulfide) groups is 1. The van der Waals surface area contributed by atoms with Gasteiger partial charge in [0.25, 0.3) is 0 Å². The maximum atomic E-state index is 8.80. The Morgan fingerprint density at radius 1 is 1.56 bits per heavy atom. The van der Waals surface area contributed by atoms with Crippen LogP contribution < -0.4 is 0 Å². The van der Waals surface area contributed by atoms with Crippen molar-refractivity contribution in [1.82, 2.24) is 9.78 Å². The highest BCUT2D eigenvalue weighted by molar-refractivity contribution is 7.99. The van der Waals surface area contributed by atoms with Gasteiger partial charge in [0.1, 0.15) is 0 Å². The van der Waals surface area contributed by atoms with Crippen LogP contribution in [0.25, 0.3) is 0 Å². The molecule has 1 aromatic heterocycles. The molecule has 16 heavy (non-hydrogen) atoms. The lowest BCUT2D eigenvalue weighted by Crippen LogP contribution is -2.18. The fourth-order valence-corrected chi connectivity index (χ4v) is 3.42. The average Bonchev–Trinajstić information content (AvgIpc) is 2.59. The topological polar surface area (TPSA) is 41.6 Å². The van der Waals surface area contributed by atoms with Gasteiger partial charge in [-0.05, 0) is 32.4 Å². The van der Waals surface area contributed by atoms with Crippen LogP contribution in [0.3, 0.4) is 0 Å². The van der Waals surface area contributed by atoms with E-state index in [-0.39, 0.29) is 0 Å². The highest BCUT2D eigenvalue weighted by Gasteiger charge is 2.20. The van der Waals surface area contributed by atoms with Crippen molar-refractivity contribution < 1.29 is 0 Å². The van der Waals surface area contributed by atoms with Crippen molar-refractivity contribution in [2.24, 2.45) is 0 Å². The van der Waals surface area contributed by atoms with Gasteiger partial charge in [0.15, 0.2) is 0 Å². The Labute approximate surface area is 101 Å². The summed E-state index contributed by atoms with van der Waals surface area (Å²) in [4.78, 5) is 0. The van der Waals surface area contributed by atoms with Gasteiger partial charge in [-0.2, -0.15) is 22.1 Å². The van der Waals surface area contributed by atoms with Crippen LogP contribution in [0.4, 0.5) is 0 Å². The maximum absolute atomic E-state index is 8.80. The summed E-state index contributed by atoms with van der Waals surface area (Å²) in [6.45, 7) is 4.10. The second-order valence-corrected chi connectivity index (χ2v) is 5.45. The summed E-state index contributed by atoms with van der Waals surface area (Å²) in [7, 11) is 0. The Bertz CT molecular complexity index is 411. The van der Waals surface area contributed by atoms with Gasteiger partial charge < -0.3 is 0 Å². The first kappa shape index (κ1) is 11.5. The van der Waals surface area contributed by atoms with Gasteiger partial charge in [0.2, 0.25) is 0 Å². The van der Waals surface area contributed by atoms with Crippen molar-refractivity contribution in [2.75, 3.05) is 11.5 Å². The summed E-state index contributed by atoms with van der Waals surface area (Å²) in [6.07, 6.45) is 2.99. The molecule has 86 valence electrons. The molecule has 0 amide bonds. The van der Waals surface area contributed by atoms with Crippen molar-refractivity contribution >= 4 is 11.8 Å². The van der Waals surface area contributed by atoms with Gasteiger partial charge in [-0.15, -0.1) is 0 Å². The zero-order chi connectivity index (χ0) is 11.5. The molecule has 1 unspecified atom stereocenters. The summed E-state index contributed by atoms with van der Waals surface area (Å²) in [5.74, 6) is 2.44. The summed E-state index contributed by atoms with van der Waals surface area (Å²) >= 11 is 2.01.